The van der Waals surface area contributed by atoms with Gasteiger partial charge in [-0.05, 0) is 13.3 Å². The quantitative estimate of drug-likeness (QED) is 0.699. The fraction of sp³-hybridized carbons (Fsp3) is 0.583. The van der Waals surface area contributed by atoms with Crippen molar-refractivity contribution >= 4 is 17.1 Å². The first-order valence-corrected chi connectivity index (χ1v) is 6.47. The van der Waals surface area contributed by atoms with Crippen molar-refractivity contribution < 1.29 is 0 Å². The lowest BCUT2D eigenvalue weighted by molar-refractivity contribution is 0.503. The zero-order chi connectivity index (χ0) is 15.1. The molecule has 0 aliphatic heterocycles. The first kappa shape index (κ1) is 14.3. The monoisotopic (exact) mass is 280 g/mol. The van der Waals surface area contributed by atoms with Gasteiger partial charge >= 0.3 is 5.69 Å². The summed E-state index contributed by atoms with van der Waals surface area (Å²) in [6.07, 6.45) is 0.803. The predicted molar refractivity (Wildman–Crippen MR) is 77.9 cm³/mol. The Balaban J connectivity index is 2.61. The Bertz CT molecular complexity index is 750. The van der Waals surface area contributed by atoms with Crippen molar-refractivity contribution in [1.82, 2.24) is 19.1 Å². The lowest BCUT2D eigenvalue weighted by Gasteiger charge is -2.27. The molecule has 0 aliphatic carbocycles. The van der Waals surface area contributed by atoms with Crippen LogP contribution < -0.4 is 22.3 Å². The smallest absolute Gasteiger partial charge is 0.332 e. The van der Waals surface area contributed by atoms with Crippen LogP contribution in [0.1, 0.15) is 20.3 Å². The number of H-pyrrole nitrogens is 1. The Labute approximate surface area is 115 Å². The minimum Gasteiger partial charge on any atom is -0.349 e. The number of fused-ring (bicyclic) bond motifs is 1. The van der Waals surface area contributed by atoms with E-state index in [1.165, 1.54) is 11.6 Å². The highest BCUT2D eigenvalue weighted by molar-refractivity contribution is 5.72. The Morgan fingerprint density at radius 1 is 1.35 bits per heavy atom. The van der Waals surface area contributed by atoms with Gasteiger partial charge in [-0.25, -0.2) is 4.79 Å². The summed E-state index contributed by atoms with van der Waals surface area (Å²) < 4.78 is 2.39. The highest BCUT2D eigenvalue weighted by atomic mass is 16.2. The Kier molecular flexibility index (Phi) is 3.43. The molecule has 0 saturated carbocycles. The van der Waals surface area contributed by atoms with Crippen molar-refractivity contribution in [3.8, 4) is 0 Å². The fourth-order valence-electron chi connectivity index (χ4n) is 1.95. The van der Waals surface area contributed by atoms with Gasteiger partial charge in [0, 0.05) is 26.2 Å². The number of imidazole rings is 1. The van der Waals surface area contributed by atoms with Gasteiger partial charge in [0.2, 0.25) is 5.95 Å². The second-order valence-electron chi connectivity index (χ2n) is 5.23. The molecule has 1 unspecified atom stereocenters. The van der Waals surface area contributed by atoms with E-state index in [2.05, 4.69) is 15.3 Å². The van der Waals surface area contributed by atoms with Gasteiger partial charge < -0.3 is 16.0 Å². The molecular weight excluding hydrogens is 260 g/mol. The Morgan fingerprint density at radius 3 is 2.55 bits per heavy atom. The van der Waals surface area contributed by atoms with Crippen molar-refractivity contribution in [3.63, 3.8) is 0 Å². The molecule has 1 atom stereocenters. The number of hydrogen-bond donors (Lipinski definition) is 3. The van der Waals surface area contributed by atoms with Crippen LogP contribution in [0.5, 0.6) is 0 Å². The average molecular weight is 280 g/mol. The summed E-state index contributed by atoms with van der Waals surface area (Å²) in [6, 6.07) is 0. The average Bonchev–Trinajstić information content (AvgIpc) is 2.86. The normalized spacial score (nSPS) is 14.4. The molecule has 0 radical (unpaired) electrons. The molecule has 0 amide bonds. The number of nitrogens with two attached hydrogens (primary N) is 1. The van der Waals surface area contributed by atoms with E-state index < -0.39 is 11.2 Å². The van der Waals surface area contributed by atoms with Gasteiger partial charge in [-0.1, -0.05) is 6.92 Å². The summed E-state index contributed by atoms with van der Waals surface area (Å²) in [4.78, 5) is 31.1. The molecule has 0 aromatic carbocycles. The third kappa shape index (κ3) is 2.11. The van der Waals surface area contributed by atoms with E-state index in [1.54, 1.807) is 7.05 Å². The van der Waals surface area contributed by atoms with Crippen LogP contribution in [0.25, 0.3) is 11.2 Å². The molecule has 110 valence electrons. The number of anilines is 1. The van der Waals surface area contributed by atoms with Crippen LogP contribution in [0.15, 0.2) is 9.59 Å². The van der Waals surface area contributed by atoms with Crippen molar-refractivity contribution in [2.45, 2.75) is 25.8 Å². The standard InChI is InChI=1S/C12H20N6O2/c1-5-12(2,6-13)16-10-14-7-8(15-10)17(3)11(20)18(4)9(7)19/h5-6,13H2,1-4H3,(H2,14,15,16). The molecule has 2 rings (SSSR count). The molecule has 8 heteroatoms. The molecule has 0 fully saturated rings. The van der Waals surface area contributed by atoms with Crippen molar-refractivity contribution in [2.75, 3.05) is 11.9 Å². The fourth-order valence-corrected chi connectivity index (χ4v) is 1.95. The molecule has 8 nitrogen and oxygen atoms in total. The lowest BCUT2D eigenvalue weighted by Crippen LogP contribution is -2.42. The number of aryl methyl sites for hydroxylation is 1. The summed E-state index contributed by atoms with van der Waals surface area (Å²) in [5, 5.41) is 3.18. The molecule has 0 aliphatic rings. The minimum absolute atomic E-state index is 0.299. The van der Waals surface area contributed by atoms with Crippen LogP contribution in [0.3, 0.4) is 0 Å². The zero-order valence-corrected chi connectivity index (χ0v) is 12.1. The van der Waals surface area contributed by atoms with Crippen molar-refractivity contribution in [2.24, 2.45) is 19.8 Å². The molecule has 2 heterocycles. The molecule has 0 spiro atoms. The molecular formula is C12H20N6O2. The number of rotatable bonds is 4. The molecule has 0 bridgehead atoms. The maximum atomic E-state index is 12.0. The van der Waals surface area contributed by atoms with Crippen LogP contribution in [0.2, 0.25) is 0 Å². The molecule has 2 aromatic rings. The molecule has 20 heavy (non-hydrogen) atoms. The third-order valence-electron chi connectivity index (χ3n) is 3.75. The third-order valence-corrected chi connectivity index (χ3v) is 3.75. The first-order valence-electron chi connectivity index (χ1n) is 6.47. The predicted octanol–water partition coefficient (Wildman–Crippen LogP) is -0.500. The molecule has 0 saturated heterocycles. The summed E-state index contributed by atoms with van der Waals surface area (Å²) >= 11 is 0. The van der Waals surface area contributed by atoms with Gasteiger partial charge in [-0.3, -0.25) is 13.9 Å². The number of nitrogens with one attached hydrogen (secondary N) is 2. The van der Waals surface area contributed by atoms with E-state index >= 15 is 0 Å². The van der Waals surface area contributed by atoms with E-state index in [0.717, 1.165) is 11.0 Å². The van der Waals surface area contributed by atoms with E-state index in [9.17, 15) is 9.59 Å². The molecule has 4 N–H and O–H groups in total. The summed E-state index contributed by atoms with van der Waals surface area (Å²) in [5.74, 6) is 0.438. The Hall–Kier alpha value is -2.09. The van der Waals surface area contributed by atoms with Crippen molar-refractivity contribution in [3.05, 3.63) is 20.8 Å². The number of aromatic nitrogens is 4. The minimum atomic E-state index is -0.405. The summed E-state index contributed by atoms with van der Waals surface area (Å²) in [6.45, 7) is 4.41. The van der Waals surface area contributed by atoms with Crippen LogP contribution in [0.4, 0.5) is 5.95 Å². The topological polar surface area (TPSA) is 111 Å². The van der Waals surface area contributed by atoms with Gasteiger partial charge in [0.1, 0.15) is 0 Å². The van der Waals surface area contributed by atoms with Crippen LogP contribution in [0, 0.1) is 0 Å². The van der Waals surface area contributed by atoms with Gasteiger partial charge in [0.05, 0.1) is 0 Å². The lowest BCUT2D eigenvalue weighted by atomic mass is 10.00. The van der Waals surface area contributed by atoms with E-state index in [-0.39, 0.29) is 5.54 Å². The second-order valence-corrected chi connectivity index (χ2v) is 5.23. The maximum Gasteiger partial charge on any atom is 0.332 e. The maximum absolute atomic E-state index is 12.0. The largest absolute Gasteiger partial charge is 0.349 e. The highest BCUT2D eigenvalue weighted by Crippen LogP contribution is 2.16. The van der Waals surface area contributed by atoms with Crippen LogP contribution >= 0.6 is 0 Å². The zero-order valence-electron chi connectivity index (χ0n) is 12.1. The number of aromatic amines is 1. The number of hydrogen-bond acceptors (Lipinski definition) is 5. The van der Waals surface area contributed by atoms with E-state index in [4.69, 9.17) is 5.73 Å². The van der Waals surface area contributed by atoms with E-state index in [1.807, 2.05) is 13.8 Å². The summed E-state index contributed by atoms with van der Waals surface area (Å²) in [7, 11) is 3.02. The molecule has 2 aromatic heterocycles. The highest BCUT2D eigenvalue weighted by Gasteiger charge is 2.22. The van der Waals surface area contributed by atoms with Gasteiger partial charge in [0.25, 0.3) is 5.56 Å². The second kappa shape index (κ2) is 4.78. The first-order chi connectivity index (χ1) is 9.33. The summed E-state index contributed by atoms with van der Waals surface area (Å²) in [5.41, 5.74) is 5.25. The van der Waals surface area contributed by atoms with Crippen LogP contribution in [-0.4, -0.2) is 31.2 Å². The van der Waals surface area contributed by atoms with E-state index in [0.29, 0.717) is 23.7 Å². The number of nitrogens with zero attached hydrogens (tertiary/aromatic N) is 3. The Morgan fingerprint density at radius 2 is 2.00 bits per heavy atom. The van der Waals surface area contributed by atoms with Crippen LogP contribution in [-0.2, 0) is 14.1 Å². The van der Waals surface area contributed by atoms with Gasteiger partial charge in [0.15, 0.2) is 11.2 Å². The van der Waals surface area contributed by atoms with Gasteiger partial charge in [-0.2, -0.15) is 4.98 Å². The SMILES string of the molecule is CCC(C)(CN)Nc1nc2c([nH]1)c(=O)n(C)c(=O)n2C. The van der Waals surface area contributed by atoms with Crippen molar-refractivity contribution in [1.29, 1.82) is 0 Å². The van der Waals surface area contributed by atoms with Gasteiger partial charge in [-0.15, -0.1) is 0 Å².